The molecule has 21 heavy (non-hydrogen) atoms. The fourth-order valence-corrected chi connectivity index (χ4v) is 1.86. The molecular formula is C16H26N2O3. The number of carbonyl (C=O) groups is 1. The van der Waals surface area contributed by atoms with E-state index in [4.69, 9.17) is 15.2 Å². The van der Waals surface area contributed by atoms with Crippen molar-refractivity contribution in [3.8, 4) is 11.5 Å². The average molecular weight is 294 g/mol. The molecule has 0 heterocycles. The molecule has 5 nitrogen and oxygen atoms in total. The van der Waals surface area contributed by atoms with Crippen LogP contribution >= 0.6 is 0 Å². The molecule has 0 spiro atoms. The first kappa shape index (κ1) is 17.3. The molecule has 1 aromatic rings. The Hall–Kier alpha value is -1.75. The lowest BCUT2D eigenvalue weighted by atomic mass is 10.2. The van der Waals surface area contributed by atoms with Gasteiger partial charge in [0, 0.05) is 12.5 Å². The second-order valence-corrected chi connectivity index (χ2v) is 5.23. The standard InChI is InChI=1S/C16H26N2O3/c1-4-10-20-13-5-7-14(8-6-13)21-11-9-15(16(17)19)18-12(2)3/h5-8,12,15,18H,4,9-11H2,1-3H3,(H2,17,19). The summed E-state index contributed by atoms with van der Waals surface area (Å²) in [7, 11) is 0. The van der Waals surface area contributed by atoms with E-state index < -0.39 is 0 Å². The van der Waals surface area contributed by atoms with Crippen molar-refractivity contribution in [2.24, 2.45) is 5.73 Å². The Morgan fingerprint density at radius 3 is 2.10 bits per heavy atom. The number of amides is 1. The number of nitrogens with one attached hydrogen (secondary N) is 1. The molecule has 118 valence electrons. The van der Waals surface area contributed by atoms with Crippen molar-refractivity contribution >= 4 is 5.91 Å². The summed E-state index contributed by atoms with van der Waals surface area (Å²) >= 11 is 0. The van der Waals surface area contributed by atoms with Crippen LogP contribution in [0, 0.1) is 0 Å². The van der Waals surface area contributed by atoms with Crippen molar-refractivity contribution < 1.29 is 14.3 Å². The molecule has 0 saturated heterocycles. The summed E-state index contributed by atoms with van der Waals surface area (Å²) in [5, 5.41) is 3.12. The molecule has 5 heteroatoms. The fourth-order valence-electron chi connectivity index (χ4n) is 1.86. The summed E-state index contributed by atoms with van der Waals surface area (Å²) in [6, 6.07) is 7.32. The predicted octanol–water partition coefficient (Wildman–Crippen LogP) is 2.10. The van der Waals surface area contributed by atoms with E-state index in [9.17, 15) is 4.79 Å². The zero-order valence-electron chi connectivity index (χ0n) is 13.1. The summed E-state index contributed by atoms with van der Waals surface area (Å²) in [6.07, 6.45) is 1.53. The van der Waals surface area contributed by atoms with Crippen LogP contribution < -0.4 is 20.5 Å². The maximum Gasteiger partial charge on any atom is 0.234 e. The van der Waals surface area contributed by atoms with E-state index in [0.717, 1.165) is 17.9 Å². The van der Waals surface area contributed by atoms with Gasteiger partial charge in [-0.2, -0.15) is 0 Å². The summed E-state index contributed by atoms with van der Waals surface area (Å²) < 4.78 is 11.1. The molecule has 0 radical (unpaired) electrons. The van der Waals surface area contributed by atoms with Crippen LogP contribution in [0.1, 0.15) is 33.6 Å². The van der Waals surface area contributed by atoms with E-state index in [-0.39, 0.29) is 18.0 Å². The SMILES string of the molecule is CCCOc1ccc(OCCC(NC(C)C)C(N)=O)cc1. The molecule has 1 amide bonds. The van der Waals surface area contributed by atoms with Crippen LogP contribution in [0.2, 0.25) is 0 Å². The third-order valence-electron chi connectivity index (χ3n) is 2.85. The van der Waals surface area contributed by atoms with Gasteiger partial charge in [-0.3, -0.25) is 4.79 Å². The first-order valence-electron chi connectivity index (χ1n) is 7.44. The van der Waals surface area contributed by atoms with Crippen molar-refractivity contribution in [3.05, 3.63) is 24.3 Å². The van der Waals surface area contributed by atoms with Gasteiger partial charge in [0.1, 0.15) is 11.5 Å². The second-order valence-electron chi connectivity index (χ2n) is 5.23. The van der Waals surface area contributed by atoms with Gasteiger partial charge in [0.2, 0.25) is 5.91 Å². The Kier molecular flexibility index (Phi) is 7.61. The first-order valence-corrected chi connectivity index (χ1v) is 7.44. The van der Waals surface area contributed by atoms with Crippen LogP contribution in [0.3, 0.4) is 0 Å². The van der Waals surface area contributed by atoms with Gasteiger partial charge in [0.25, 0.3) is 0 Å². The quantitative estimate of drug-likeness (QED) is 0.693. The summed E-state index contributed by atoms with van der Waals surface area (Å²) in [6.45, 7) is 7.17. The van der Waals surface area contributed by atoms with Crippen molar-refractivity contribution in [2.75, 3.05) is 13.2 Å². The molecule has 1 unspecified atom stereocenters. The first-order chi connectivity index (χ1) is 10.0. The monoisotopic (exact) mass is 294 g/mol. The van der Waals surface area contributed by atoms with Crippen molar-refractivity contribution in [2.45, 2.75) is 45.7 Å². The molecular weight excluding hydrogens is 268 g/mol. The highest BCUT2D eigenvalue weighted by Gasteiger charge is 2.15. The second kappa shape index (κ2) is 9.23. The molecule has 1 rings (SSSR count). The third kappa shape index (κ3) is 6.99. The largest absolute Gasteiger partial charge is 0.494 e. The molecule has 1 aromatic carbocycles. The normalized spacial score (nSPS) is 12.2. The van der Waals surface area contributed by atoms with E-state index in [0.29, 0.717) is 19.6 Å². The van der Waals surface area contributed by atoms with Gasteiger partial charge >= 0.3 is 0 Å². The average Bonchev–Trinajstić information content (AvgIpc) is 2.44. The van der Waals surface area contributed by atoms with Crippen molar-refractivity contribution in [3.63, 3.8) is 0 Å². The number of nitrogens with two attached hydrogens (primary N) is 1. The van der Waals surface area contributed by atoms with E-state index in [1.165, 1.54) is 0 Å². The highest BCUT2D eigenvalue weighted by Crippen LogP contribution is 2.18. The third-order valence-corrected chi connectivity index (χ3v) is 2.85. The molecule has 0 aliphatic rings. The van der Waals surface area contributed by atoms with E-state index in [2.05, 4.69) is 12.2 Å². The topological polar surface area (TPSA) is 73.6 Å². The number of hydrogen-bond acceptors (Lipinski definition) is 4. The van der Waals surface area contributed by atoms with Crippen LogP contribution in [0.15, 0.2) is 24.3 Å². The molecule has 3 N–H and O–H groups in total. The van der Waals surface area contributed by atoms with Gasteiger partial charge in [0.05, 0.1) is 19.3 Å². The smallest absolute Gasteiger partial charge is 0.234 e. The Labute approximate surface area is 126 Å². The zero-order chi connectivity index (χ0) is 15.7. The number of carbonyl (C=O) groups excluding carboxylic acids is 1. The van der Waals surface area contributed by atoms with E-state index in [1.807, 2.05) is 38.1 Å². The van der Waals surface area contributed by atoms with Crippen LogP contribution in [0.4, 0.5) is 0 Å². The number of primary amides is 1. The maximum absolute atomic E-state index is 11.3. The van der Waals surface area contributed by atoms with E-state index in [1.54, 1.807) is 0 Å². The van der Waals surface area contributed by atoms with Crippen LogP contribution in [0.5, 0.6) is 11.5 Å². The number of hydrogen-bond donors (Lipinski definition) is 2. The van der Waals surface area contributed by atoms with Crippen molar-refractivity contribution in [1.82, 2.24) is 5.32 Å². The molecule has 0 saturated carbocycles. The summed E-state index contributed by atoms with van der Waals surface area (Å²) in [5.41, 5.74) is 5.36. The van der Waals surface area contributed by atoms with Crippen molar-refractivity contribution in [1.29, 1.82) is 0 Å². The maximum atomic E-state index is 11.3. The fraction of sp³-hybridized carbons (Fsp3) is 0.562. The van der Waals surface area contributed by atoms with E-state index >= 15 is 0 Å². The Bertz CT molecular complexity index is 418. The number of benzene rings is 1. The summed E-state index contributed by atoms with van der Waals surface area (Å²) in [4.78, 5) is 11.3. The Morgan fingerprint density at radius 2 is 1.67 bits per heavy atom. The highest BCUT2D eigenvalue weighted by atomic mass is 16.5. The van der Waals surface area contributed by atoms with Gasteiger partial charge < -0.3 is 20.5 Å². The number of rotatable bonds is 10. The minimum Gasteiger partial charge on any atom is -0.494 e. The minimum absolute atomic E-state index is 0.206. The van der Waals surface area contributed by atoms with Crippen LogP contribution in [-0.4, -0.2) is 31.2 Å². The number of ether oxygens (including phenoxy) is 2. The Morgan fingerprint density at radius 1 is 1.14 bits per heavy atom. The lowest BCUT2D eigenvalue weighted by Crippen LogP contribution is -2.45. The lowest BCUT2D eigenvalue weighted by molar-refractivity contribution is -0.120. The zero-order valence-corrected chi connectivity index (χ0v) is 13.1. The molecule has 0 fully saturated rings. The molecule has 1 atom stereocenters. The highest BCUT2D eigenvalue weighted by molar-refractivity contribution is 5.79. The molecule has 0 bridgehead atoms. The van der Waals surface area contributed by atoms with Gasteiger partial charge in [-0.05, 0) is 30.7 Å². The van der Waals surface area contributed by atoms with Gasteiger partial charge in [0.15, 0.2) is 0 Å². The summed E-state index contributed by atoms with van der Waals surface area (Å²) in [5.74, 6) is 1.24. The van der Waals surface area contributed by atoms with Gasteiger partial charge in [-0.1, -0.05) is 20.8 Å². The minimum atomic E-state index is -0.364. The van der Waals surface area contributed by atoms with Gasteiger partial charge in [-0.25, -0.2) is 0 Å². The Balaban J connectivity index is 2.38. The predicted molar refractivity (Wildman–Crippen MR) is 83.6 cm³/mol. The lowest BCUT2D eigenvalue weighted by Gasteiger charge is -2.18. The molecule has 0 aliphatic heterocycles. The van der Waals surface area contributed by atoms with Crippen LogP contribution in [-0.2, 0) is 4.79 Å². The van der Waals surface area contributed by atoms with Gasteiger partial charge in [-0.15, -0.1) is 0 Å². The van der Waals surface area contributed by atoms with Crippen LogP contribution in [0.25, 0.3) is 0 Å². The molecule has 0 aliphatic carbocycles. The molecule has 0 aromatic heterocycles.